The van der Waals surface area contributed by atoms with Crippen LogP contribution in [-0.4, -0.2) is 51.4 Å². The highest BCUT2D eigenvalue weighted by Crippen LogP contribution is 2.30. The van der Waals surface area contributed by atoms with Gasteiger partial charge in [0.05, 0.1) is 4.90 Å². The second-order valence-electron chi connectivity index (χ2n) is 5.72. The van der Waals surface area contributed by atoms with E-state index < -0.39 is 10.0 Å². The number of carbonyl (C=O) groups excluding carboxylic acids is 1. The zero-order valence-corrected chi connectivity index (χ0v) is 13.5. The van der Waals surface area contributed by atoms with Crippen molar-refractivity contribution >= 4 is 21.6 Å². The molecular formula is C15H21N3O3S. The number of rotatable bonds is 2. The Balaban J connectivity index is 1.98. The molecule has 0 aliphatic carbocycles. The zero-order chi connectivity index (χ0) is 15.7. The third-order valence-electron chi connectivity index (χ3n) is 4.27. The van der Waals surface area contributed by atoms with Crippen LogP contribution in [0.1, 0.15) is 18.9 Å². The van der Waals surface area contributed by atoms with E-state index in [1.54, 1.807) is 17.0 Å². The fraction of sp³-hybridized carbons (Fsp3) is 0.533. The largest absolute Gasteiger partial charge is 0.314 e. The second-order valence-corrected chi connectivity index (χ2v) is 7.66. The highest BCUT2D eigenvalue weighted by molar-refractivity contribution is 7.89. The van der Waals surface area contributed by atoms with Gasteiger partial charge in [0, 0.05) is 45.3 Å². The third-order valence-corrected chi connectivity index (χ3v) is 6.16. The molecule has 0 unspecified atom stereocenters. The summed E-state index contributed by atoms with van der Waals surface area (Å²) in [4.78, 5) is 13.7. The van der Waals surface area contributed by atoms with Crippen molar-refractivity contribution in [3.05, 3.63) is 23.8 Å². The van der Waals surface area contributed by atoms with Gasteiger partial charge in [0.1, 0.15) is 0 Å². The fourth-order valence-corrected chi connectivity index (χ4v) is 4.54. The lowest BCUT2D eigenvalue weighted by molar-refractivity contribution is -0.116. The molecule has 1 N–H and O–H groups in total. The SMILES string of the molecule is CC(=O)N1CCCc2ccc(S(=O)(=O)N3CCNCC3)cc21. The molecule has 0 spiro atoms. The van der Waals surface area contributed by atoms with Crippen molar-refractivity contribution in [1.82, 2.24) is 9.62 Å². The maximum Gasteiger partial charge on any atom is 0.243 e. The molecule has 1 saturated heterocycles. The van der Waals surface area contributed by atoms with Crippen LogP contribution in [0.2, 0.25) is 0 Å². The van der Waals surface area contributed by atoms with Gasteiger partial charge >= 0.3 is 0 Å². The average molecular weight is 323 g/mol. The van der Waals surface area contributed by atoms with Crippen molar-refractivity contribution in [2.75, 3.05) is 37.6 Å². The van der Waals surface area contributed by atoms with E-state index in [0.717, 1.165) is 24.1 Å². The molecule has 0 saturated carbocycles. The lowest BCUT2D eigenvalue weighted by atomic mass is 10.0. The highest BCUT2D eigenvalue weighted by Gasteiger charge is 2.28. The summed E-state index contributed by atoms with van der Waals surface area (Å²) in [6, 6.07) is 5.17. The molecular weight excluding hydrogens is 302 g/mol. The van der Waals surface area contributed by atoms with Crippen LogP contribution in [0.25, 0.3) is 0 Å². The Hall–Kier alpha value is -1.44. The number of anilines is 1. The van der Waals surface area contributed by atoms with Gasteiger partial charge in [-0.05, 0) is 30.5 Å². The first-order chi connectivity index (χ1) is 10.5. The second kappa shape index (κ2) is 5.98. The number of benzene rings is 1. The standard InChI is InChI=1S/C15H21N3O3S/c1-12(19)18-8-2-3-13-4-5-14(11-15(13)18)22(20,21)17-9-6-16-7-10-17/h4-5,11,16H,2-3,6-10H2,1H3. The molecule has 1 aromatic rings. The van der Waals surface area contributed by atoms with E-state index in [0.29, 0.717) is 32.7 Å². The van der Waals surface area contributed by atoms with Crippen molar-refractivity contribution in [3.63, 3.8) is 0 Å². The topological polar surface area (TPSA) is 69.7 Å². The number of hydrogen-bond donors (Lipinski definition) is 1. The summed E-state index contributed by atoms with van der Waals surface area (Å²) >= 11 is 0. The summed E-state index contributed by atoms with van der Waals surface area (Å²) in [6.45, 7) is 4.48. The molecule has 120 valence electrons. The quantitative estimate of drug-likeness (QED) is 0.864. The highest BCUT2D eigenvalue weighted by atomic mass is 32.2. The number of hydrogen-bond acceptors (Lipinski definition) is 4. The van der Waals surface area contributed by atoms with E-state index in [-0.39, 0.29) is 10.8 Å². The monoisotopic (exact) mass is 323 g/mol. The van der Waals surface area contributed by atoms with Gasteiger partial charge in [-0.1, -0.05) is 6.07 Å². The Bertz CT molecular complexity index is 681. The lowest BCUT2D eigenvalue weighted by Crippen LogP contribution is -2.46. The van der Waals surface area contributed by atoms with E-state index in [1.807, 2.05) is 6.07 Å². The number of sulfonamides is 1. The molecule has 2 heterocycles. The molecule has 6 nitrogen and oxygen atoms in total. The smallest absolute Gasteiger partial charge is 0.243 e. The van der Waals surface area contributed by atoms with Gasteiger partial charge in [-0.25, -0.2) is 8.42 Å². The van der Waals surface area contributed by atoms with Crippen LogP contribution in [0.3, 0.4) is 0 Å². The van der Waals surface area contributed by atoms with Gasteiger partial charge in [-0.15, -0.1) is 0 Å². The van der Waals surface area contributed by atoms with Gasteiger partial charge in [-0.2, -0.15) is 4.31 Å². The fourth-order valence-electron chi connectivity index (χ4n) is 3.08. The minimum Gasteiger partial charge on any atom is -0.314 e. The summed E-state index contributed by atoms with van der Waals surface area (Å²) in [7, 11) is -3.49. The Kier molecular flexibility index (Phi) is 4.20. The van der Waals surface area contributed by atoms with E-state index in [9.17, 15) is 13.2 Å². The number of fused-ring (bicyclic) bond motifs is 1. The molecule has 22 heavy (non-hydrogen) atoms. The molecule has 0 radical (unpaired) electrons. The molecule has 0 bridgehead atoms. The summed E-state index contributed by atoms with van der Waals surface area (Å²) < 4.78 is 27.0. The first kappa shape index (κ1) is 15.5. The molecule has 1 aromatic carbocycles. The van der Waals surface area contributed by atoms with Crippen LogP contribution in [0, 0.1) is 0 Å². The molecule has 3 rings (SSSR count). The predicted octanol–water partition coefficient (Wildman–Crippen LogP) is 0.580. The van der Waals surface area contributed by atoms with Gasteiger partial charge < -0.3 is 10.2 Å². The maximum absolute atomic E-state index is 12.7. The maximum atomic E-state index is 12.7. The molecule has 2 aliphatic rings. The van der Waals surface area contributed by atoms with E-state index in [1.165, 1.54) is 11.2 Å². The van der Waals surface area contributed by atoms with Gasteiger partial charge in [0.25, 0.3) is 0 Å². The first-order valence-electron chi connectivity index (χ1n) is 7.62. The summed E-state index contributed by atoms with van der Waals surface area (Å²) in [5.74, 6) is -0.0438. The number of nitrogens with zero attached hydrogens (tertiary/aromatic N) is 2. The molecule has 0 atom stereocenters. The van der Waals surface area contributed by atoms with Crippen molar-refractivity contribution in [1.29, 1.82) is 0 Å². The van der Waals surface area contributed by atoms with Gasteiger partial charge in [-0.3, -0.25) is 4.79 Å². The van der Waals surface area contributed by atoms with Crippen LogP contribution < -0.4 is 10.2 Å². The first-order valence-corrected chi connectivity index (χ1v) is 9.06. The van der Waals surface area contributed by atoms with Crippen LogP contribution in [-0.2, 0) is 21.2 Å². The number of carbonyl (C=O) groups is 1. The molecule has 1 fully saturated rings. The van der Waals surface area contributed by atoms with E-state index in [2.05, 4.69) is 5.32 Å². The van der Waals surface area contributed by atoms with E-state index >= 15 is 0 Å². The number of aryl methyl sites for hydroxylation is 1. The molecule has 1 amide bonds. The average Bonchev–Trinajstić information content (AvgIpc) is 2.54. The van der Waals surface area contributed by atoms with Crippen molar-refractivity contribution in [2.24, 2.45) is 0 Å². The van der Waals surface area contributed by atoms with Crippen molar-refractivity contribution < 1.29 is 13.2 Å². The van der Waals surface area contributed by atoms with Crippen LogP contribution in [0.15, 0.2) is 23.1 Å². The zero-order valence-electron chi connectivity index (χ0n) is 12.7. The van der Waals surface area contributed by atoms with Crippen molar-refractivity contribution in [3.8, 4) is 0 Å². The molecule has 2 aliphatic heterocycles. The van der Waals surface area contributed by atoms with Gasteiger partial charge in [0.2, 0.25) is 15.9 Å². The Morgan fingerprint density at radius 3 is 2.59 bits per heavy atom. The Morgan fingerprint density at radius 1 is 1.18 bits per heavy atom. The normalized spacial score (nSPS) is 19.8. The van der Waals surface area contributed by atoms with Crippen LogP contribution in [0.4, 0.5) is 5.69 Å². The molecule has 7 heteroatoms. The summed E-state index contributed by atoms with van der Waals surface area (Å²) in [5.41, 5.74) is 1.79. The predicted molar refractivity (Wildman–Crippen MR) is 84.4 cm³/mol. The molecule has 0 aromatic heterocycles. The number of nitrogens with one attached hydrogen (secondary N) is 1. The van der Waals surface area contributed by atoms with Gasteiger partial charge in [0.15, 0.2) is 0 Å². The van der Waals surface area contributed by atoms with E-state index in [4.69, 9.17) is 0 Å². The van der Waals surface area contributed by atoms with Crippen molar-refractivity contribution in [2.45, 2.75) is 24.7 Å². The lowest BCUT2D eigenvalue weighted by Gasteiger charge is -2.30. The third kappa shape index (κ3) is 2.76. The number of piperazine rings is 1. The Labute approximate surface area is 131 Å². The summed E-state index contributed by atoms with van der Waals surface area (Å²) in [6.07, 6.45) is 1.80. The summed E-state index contributed by atoms with van der Waals surface area (Å²) in [5, 5.41) is 3.15. The number of amides is 1. The minimum atomic E-state index is -3.49. The van der Waals surface area contributed by atoms with Crippen LogP contribution in [0.5, 0.6) is 0 Å². The minimum absolute atomic E-state index is 0.0438. The van der Waals surface area contributed by atoms with Crippen LogP contribution >= 0.6 is 0 Å². The Morgan fingerprint density at radius 2 is 1.91 bits per heavy atom.